The maximum atomic E-state index is 10.1. The summed E-state index contributed by atoms with van der Waals surface area (Å²) in [5.41, 5.74) is 11.8. The number of nitrogens with two attached hydrogens (primary N) is 2. The van der Waals surface area contributed by atoms with E-state index in [0.29, 0.717) is 12.5 Å². The standard InChI is InChI=1S/C16H25N5O4/c17-11(14-10(23)5-9(6-22)25-14)13-12(18)15(19)21-16(20-13)24-7-8-3-1-2-4-8/h8-10,14,17,22-23H,1-7,18H2,(H2,19,20,21). The molecule has 0 bridgehead atoms. The summed E-state index contributed by atoms with van der Waals surface area (Å²) in [6.45, 7) is 0.281. The fourth-order valence-electron chi connectivity index (χ4n) is 3.36. The van der Waals surface area contributed by atoms with Gasteiger partial charge in [-0.2, -0.15) is 9.97 Å². The summed E-state index contributed by atoms with van der Waals surface area (Å²) in [5.74, 6) is 0.512. The van der Waals surface area contributed by atoms with Crippen LogP contribution in [-0.4, -0.2) is 57.4 Å². The Balaban J connectivity index is 1.76. The zero-order valence-electron chi connectivity index (χ0n) is 14.0. The van der Waals surface area contributed by atoms with Crippen LogP contribution in [0, 0.1) is 11.3 Å². The molecule has 3 unspecified atom stereocenters. The fourth-order valence-corrected chi connectivity index (χ4v) is 3.36. The van der Waals surface area contributed by atoms with E-state index in [2.05, 4.69) is 9.97 Å². The lowest BCUT2D eigenvalue weighted by atomic mass is 10.0. The van der Waals surface area contributed by atoms with Gasteiger partial charge in [-0.15, -0.1) is 0 Å². The lowest BCUT2D eigenvalue weighted by Gasteiger charge is -2.18. The number of nitrogens with one attached hydrogen (secondary N) is 1. The lowest BCUT2D eigenvalue weighted by Crippen LogP contribution is -2.32. The Kier molecular flexibility index (Phi) is 5.36. The number of ether oxygens (including phenoxy) is 2. The van der Waals surface area contributed by atoms with Gasteiger partial charge in [0.1, 0.15) is 17.5 Å². The van der Waals surface area contributed by atoms with Crippen LogP contribution in [0.5, 0.6) is 6.01 Å². The van der Waals surface area contributed by atoms with E-state index < -0.39 is 18.3 Å². The van der Waals surface area contributed by atoms with Crippen LogP contribution in [0.1, 0.15) is 37.8 Å². The van der Waals surface area contributed by atoms with Crippen molar-refractivity contribution in [1.82, 2.24) is 9.97 Å². The molecular formula is C16H25N5O4. The van der Waals surface area contributed by atoms with E-state index in [1.54, 1.807) is 0 Å². The zero-order valence-corrected chi connectivity index (χ0v) is 14.0. The Morgan fingerprint density at radius 3 is 2.64 bits per heavy atom. The van der Waals surface area contributed by atoms with Gasteiger partial charge in [-0.1, -0.05) is 12.8 Å². The summed E-state index contributed by atoms with van der Waals surface area (Å²) in [4.78, 5) is 8.24. The molecule has 1 saturated carbocycles. The summed E-state index contributed by atoms with van der Waals surface area (Å²) in [6.07, 6.45) is 2.55. The van der Waals surface area contributed by atoms with Gasteiger partial charge in [-0.25, -0.2) is 0 Å². The number of aromatic nitrogens is 2. The summed E-state index contributed by atoms with van der Waals surface area (Å²) in [5, 5.41) is 27.6. The summed E-state index contributed by atoms with van der Waals surface area (Å²) < 4.78 is 11.1. The highest BCUT2D eigenvalue weighted by Crippen LogP contribution is 2.28. The van der Waals surface area contributed by atoms with Crippen molar-refractivity contribution in [2.75, 3.05) is 24.7 Å². The second kappa shape index (κ2) is 7.51. The average molecular weight is 351 g/mol. The van der Waals surface area contributed by atoms with Crippen LogP contribution in [0.15, 0.2) is 0 Å². The molecule has 3 atom stereocenters. The van der Waals surface area contributed by atoms with Gasteiger partial charge in [0.05, 0.1) is 31.1 Å². The van der Waals surface area contributed by atoms with E-state index in [1.165, 1.54) is 12.8 Å². The predicted octanol–water partition coefficient (Wildman–Crippen LogP) is 0.0886. The highest BCUT2D eigenvalue weighted by molar-refractivity contribution is 6.05. The second-order valence-electron chi connectivity index (χ2n) is 6.69. The van der Waals surface area contributed by atoms with Crippen LogP contribution < -0.4 is 16.2 Å². The van der Waals surface area contributed by atoms with Gasteiger partial charge >= 0.3 is 6.01 Å². The first-order valence-corrected chi connectivity index (χ1v) is 8.58. The summed E-state index contributed by atoms with van der Waals surface area (Å²) in [6, 6.07) is 0.0737. The molecule has 0 spiro atoms. The molecule has 1 aliphatic carbocycles. The molecule has 2 heterocycles. The molecular weight excluding hydrogens is 326 g/mol. The first kappa shape index (κ1) is 17.8. The largest absolute Gasteiger partial charge is 0.463 e. The Morgan fingerprint density at radius 1 is 1.28 bits per heavy atom. The van der Waals surface area contributed by atoms with Gasteiger partial charge in [0.15, 0.2) is 5.82 Å². The van der Waals surface area contributed by atoms with E-state index in [4.69, 9.17) is 26.4 Å². The number of aliphatic hydroxyl groups is 2. The Labute approximate surface area is 145 Å². The van der Waals surface area contributed by atoms with Crippen molar-refractivity contribution >= 4 is 17.2 Å². The Morgan fingerprint density at radius 2 is 2.00 bits per heavy atom. The third-order valence-electron chi connectivity index (χ3n) is 4.81. The van der Waals surface area contributed by atoms with Crippen molar-refractivity contribution in [1.29, 1.82) is 5.41 Å². The molecule has 9 heteroatoms. The highest BCUT2D eigenvalue weighted by atomic mass is 16.5. The van der Waals surface area contributed by atoms with Gasteiger partial charge in [0, 0.05) is 6.42 Å². The quantitative estimate of drug-likeness (QED) is 0.450. The topological polar surface area (TPSA) is 161 Å². The molecule has 9 nitrogen and oxygen atoms in total. The number of hydrogen-bond donors (Lipinski definition) is 5. The number of nitrogen functional groups attached to an aromatic ring is 2. The molecule has 138 valence electrons. The van der Waals surface area contributed by atoms with Crippen molar-refractivity contribution in [3.63, 3.8) is 0 Å². The highest BCUT2D eigenvalue weighted by Gasteiger charge is 2.38. The second-order valence-corrected chi connectivity index (χ2v) is 6.69. The number of anilines is 2. The molecule has 1 aliphatic heterocycles. The maximum absolute atomic E-state index is 10.1. The van der Waals surface area contributed by atoms with Gasteiger partial charge in [-0.05, 0) is 18.8 Å². The van der Waals surface area contributed by atoms with Crippen molar-refractivity contribution in [3.05, 3.63) is 5.69 Å². The summed E-state index contributed by atoms with van der Waals surface area (Å²) in [7, 11) is 0. The maximum Gasteiger partial charge on any atom is 0.319 e. The van der Waals surface area contributed by atoms with Crippen molar-refractivity contribution in [3.8, 4) is 6.01 Å². The molecule has 1 saturated heterocycles. The Hall–Kier alpha value is -1.97. The molecule has 2 aliphatic rings. The van der Waals surface area contributed by atoms with Crippen LogP contribution in [0.25, 0.3) is 0 Å². The smallest absolute Gasteiger partial charge is 0.319 e. The molecule has 0 aromatic carbocycles. The molecule has 0 radical (unpaired) electrons. The van der Waals surface area contributed by atoms with Crippen molar-refractivity contribution in [2.24, 2.45) is 5.92 Å². The van der Waals surface area contributed by atoms with Gasteiger partial charge in [0.2, 0.25) is 0 Å². The molecule has 0 amide bonds. The normalized spacial score (nSPS) is 26.9. The number of hydrogen-bond acceptors (Lipinski definition) is 9. The minimum absolute atomic E-state index is 0.0300. The van der Waals surface area contributed by atoms with Gasteiger partial charge in [-0.3, -0.25) is 0 Å². The van der Waals surface area contributed by atoms with Crippen LogP contribution in [0.4, 0.5) is 11.5 Å². The first-order chi connectivity index (χ1) is 12.0. The third-order valence-corrected chi connectivity index (χ3v) is 4.81. The molecule has 7 N–H and O–H groups in total. The fraction of sp³-hybridized carbons (Fsp3) is 0.688. The van der Waals surface area contributed by atoms with E-state index in [-0.39, 0.29) is 41.9 Å². The average Bonchev–Trinajstić information content (AvgIpc) is 3.24. The monoisotopic (exact) mass is 351 g/mol. The molecule has 1 aromatic rings. The van der Waals surface area contributed by atoms with E-state index in [1.807, 2.05) is 0 Å². The van der Waals surface area contributed by atoms with E-state index in [9.17, 15) is 10.2 Å². The van der Waals surface area contributed by atoms with Crippen LogP contribution in [0.2, 0.25) is 0 Å². The van der Waals surface area contributed by atoms with Crippen LogP contribution in [0.3, 0.4) is 0 Å². The molecule has 2 fully saturated rings. The van der Waals surface area contributed by atoms with Crippen molar-refractivity contribution in [2.45, 2.75) is 50.4 Å². The molecule has 25 heavy (non-hydrogen) atoms. The molecule has 1 aromatic heterocycles. The first-order valence-electron chi connectivity index (χ1n) is 8.58. The Bertz CT molecular complexity index is 635. The van der Waals surface area contributed by atoms with Gasteiger partial charge < -0.3 is 36.6 Å². The molecule has 3 rings (SSSR count). The van der Waals surface area contributed by atoms with E-state index >= 15 is 0 Å². The zero-order chi connectivity index (χ0) is 18.0. The van der Waals surface area contributed by atoms with Gasteiger partial charge in [0.25, 0.3) is 0 Å². The SMILES string of the molecule is N=C(c1nc(OCC2CCCC2)nc(N)c1N)C1OC(CO)CC1O. The van der Waals surface area contributed by atoms with E-state index in [0.717, 1.165) is 12.8 Å². The third kappa shape index (κ3) is 3.83. The summed E-state index contributed by atoms with van der Waals surface area (Å²) >= 11 is 0. The number of aliphatic hydroxyl groups excluding tert-OH is 2. The van der Waals surface area contributed by atoms with Crippen LogP contribution in [-0.2, 0) is 4.74 Å². The van der Waals surface area contributed by atoms with Crippen LogP contribution >= 0.6 is 0 Å². The predicted molar refractivity (Wildman–Crippen MR) is 91.5 cm³/mol. The number of rotatable bonds is 6. The number of nitrogens with zero attached hydrogens (tertiary/aromatic N) is 2. The lowest BCUT2D eigenvalue weighted by molar-refractivity contribution is 0.0240. The van der Waals surface area contributed by atoms with Crippen molar-refractivity contribution < 1.29 is 19.7 Å². The minimum atomic E-state index is -0.920. The minimum Gasteiger partial charge on any atom is -0.463 e.